The minimum atomic E-state index is -1.21. The fraction of sp³-hybridized carbons (Fsp3) is 0. The van der Waals surface area contributed by atoms with Gasteiger partial charge in [0.2, 0.25) is 0 Å². The first-order chi connectivity index (χ1) is 9.34. The molecule has 0 unspecified atom stereocenters. The third-order valence-electron chi connectivity index (χ3n) is 2.56. The highest BCUT2D eigenvalue weighted by atomic mass is 79.9. The Labute approximate surface area is 134 Å². The molecule has 2 aromatic carbocycles. The molecule has 0 heterocycles. The maximum absolute atomic E-state index is 13.9. The van der Waals surface area contributed by atoms with Crippen LogP contribution in [0.2, 0.25) is 5.02 Å². The standard InChI is InChI=1S/C13H4Br2ClF3O/c14-7-3-1-6(11(18)10(7)16)13(20)5-2-4-8(17)12(19)9(5)15/h1-4H. The average molecular weight is 428 g/mol. The molecule has 20 heavy (non-hydrogen) atoms. The van der Waals surface area contributed by atoms with Crippen molar-refractivity contribution in [2.75, 3.05) is 0 Å². The van der Waals surface area contributed by atoms with Crippen molar-refractivity contribution < 1.29 is 18.0 Å². The van der Waals surface area contributed by atoms with E-state index in [9.17, 15) is 18.0 Å². The topological polar surface area (TPSA) is 17.1 Å². The van der Waals surface area contributed by atoms with Crippen LogP contribution in [0.5, 0.6) is 0 Å². The van der Waals surface area contributed by atoms with Gasteiger partial charge in [0.15, 0.2) is 23.2 Å². The van der Waals surface area contributed by atoms with Gasteiger partial charge in [0.1, 0.15) is 0 Å². The molecular weight excluding hydrogens is 424 g/mol. The van der Waals surface area contributed by atoms with E-state index in [1.807, 2.05) is 0 Å². The van der Waals surface area contributed by atoms with Crippen molar-refractivity contribution in [3.05, 3.63) is 66.8 Å². The third-order valence-corrected chi connectivity index (χ3v) is 4.59. The smallest absolute Gasteiger partial charge is 0.197 e. The first-order valence-corrected chi connectivity index (χ1v) is 7.12. The molecule has 0 aliphatic heterocycles. The Kier molecular flexibility index (Phi) is 4.56. The van der Waals surface area contributed by atoms with E-state index in [1.165, 1.54) is 12.1 Å². The Bertz CT molecular complexity index is 660. The minimum Gasteiger partial charge on any atom is -0.288 e. The summed E-state index contributed by atoms with van der Waals surface area (Å²) < 4.78 is 40.3. The number of benzene rings is 2. The van der Waals surface area contributed by atoms with Crippen molar-refractivity contribution in [3.8, 4) is 0 Å². The van der Waals surface area contributed by atoms with Crippen LogP contribution in [0.25, 0.3) is 0 Å². The van der Waals surface area contributed by atoms with Gasteiger partial charge in [-0.15, -0.1) is 0 Å². The highest BCUT2D eigenvalue weighted by Gasteiger charge is 2.22. The van der Waals surface area contributed by atoms with Crippen LogP contribution < -0.4 is 0 Å². The third kappa shape index (κ3) is 2.64. The monoisotopic (exact) mass is 426 g/mol. The summed E-state index contributed by atoms with van der Waals surface area (Å²) in [5.74, 6) is -4.05. The molecule has 7 heteroatoms. The lowest BCUT2D eigenvalue weighted by Gasteiger charge is -2.08. The lowest BCUT2D eigenvalue weighted by atomic mass is 10.0. The fourth-order valence-electron chi connectivity index (χ4n) is 1.55. The number of hydrogen-bond donors (Lipinski definition) is 0. The van der Waals surface area contributed by atoms with Crippen LogP contribution >= 0.6 is 43.5 Å². The first kappa shape index (κ1) is 15.5. The van der Waals surface area contributed by atoms with E-state index in [-0.39, 0.29) is 25.1 Å². The van der Waals surface area contributed by atoms with Crippen LogP contribution in [0.3, 0.4) is 0 Å². The summed E-state index contributed by atoms with van der Waals surface area (Å²) in [5.41, 5.74) is -0.522. The molecule has 0 amide bonds. The van der Waals surface area contributed by atoms with Crippen molar-refractivity contribution in [1.29, 1.82) is 0 Å². The number of ketones is 1. The Morgan fingerprint density at radius 3 is 2.20 bits per heavy atom. The molecule has 2 aromatic rings. The van der Waals surface area contributed by atoms with Crippen LogP contribution in [0.1, 0.15) is 15.9 Å². The molecule has 0 bridgehead atoms. The van der Waals surface area contributed by atoms with Gasteiger partial charge in [0.25, 0.3) is 0 Å². The van der Waals surface area contributed by atoms with Crippen LogP contribution in [-0.4, -0.2) is 5.78 Å². The number of halogens is 6. The largest absolute Gasteiger partial charge is 0.288 e. The molecule has 0 radical (unpaired) electrons. The van der Waals surface area contributed by atoms with E-state index < -0.39 is 23.2 Å². The second-order valence-corrected chi connectivity index (χ2v) is 5.80. The Morgan fingerprint density at radius 2 is 1.55 bits per heavy atom. The zero-order chi connectivity index (χ0) is 15.0. The van der Waals surface area contributed by atoms with Gasteiger partial charge < -0.3 is 0 Å². The number of carbonyl (C=O) groups is 1. The quantitative estimate of drug-likeness (QED) is 0.455. The maximum atomic E-state index is 13.9. The molecule has 1 nitrogen and oxygen atoms in total. The summed E-state index contributed by atoms with van der Waals surface area (Å²) in [4.78, 5) is 12.2. The van der Waals surface area contributed by atoms with E-state index in [1.54, 1.807) is 0 Å². The second kappa shape index (κ2) is 5.87. The summed E-state index contributed by atoms with van der Waals surface area (Å²) in [7, 11) is 0. The summed E-state index contributed by atoms with van der Waals surface area (Å²) in [6.45, 7) is 0. The van der Waals surface area contributed by atoms with Crippen LogP contribution in [0.4, 0.5) is 13.2 Å². The number of carbonyl (C=O) groups excluding carboxylic acids is 1. The molecule has 0 N–H and O–H groups in total. The van der Waals surface area contributed by atoms with Gasteiger partial charge in [0.05, 0.1) is 15.1 Å². The highest BCUT2D eigenvalue weighted by molar-refractivity contribution is 9.10. The minimum absolute atomic E-state index is 0.193. The van der Waals surface area contributed by atoms with Gasteiger partial charge in [-0.1, -0.05) is 11.6 Å². The summed E-state index contributed by atoms with van der Waals surface area (Å²) in [6.07, 6.45) is 0. The van der Waals surface area contributed by atoms with Crippen molar-refractivity contribution in [1.82, 2.24) is 0 Å². The zero-order valence-electron chi connectivity index (χ0n) is 9.49. The molecule has 104 valence electrons. The Hall–Kier alpha value is -0.850. The molecule has 2 rings (SSSR count). The summed E-state index contributed by atoms with van der Waals surface area (Å²) in [6, 6.07) is 4.47. The predicted molar refractivity (Wildman–Crippen MR) is 76.6 cm³/mol. The molecule has 0 saturated carbocycles. The predicted octanol–water partition coefficient (Wildman–Crippen LogP) is 5.51. The molecule has 0 aliphatic carbocycles. The van der Waals surface area contributed by atoms with E-state index in [0.717, 1.165) is 12.1 Å². The average Bonchev–Trinajstić information content (AvgIpc) is 2.42. The lowest BCUT2D eigenvalue weighted by Crippen LogP contribution is -2.07. The number of rotatable bonds is 2. The highest BCUT2D eigenvalue weighted by Crippen LogP contribution is 2.31. The zero-order valence-corrected chi connectivity index (χ0v) is 13.4. The fourth-order valence-corrected chi connectivity index (χ4v) is 2.52. The lowest BCUT2D eigenvalue weighted by molar-refractivity contribution is 0.103. The second-order valence-electron chi connectivity index (χ2n) is 3.77. The Morgan fingerprint density at radius 1 is 0.950 bits per heavy atom. The molecule has 0 aliphatic rings. The molecule has 0 saturated heterocycles. The van der Waals surface area contributed by atoms with Crippen LogP contribution in [0, 0.1) is 17.5 Å². The molecular formula is C13H4Br2ClF3O. The van der Waals surface area contributed by atoms with E-state index in [0.29, 0.717) is 0 Å². The number of hydrogen-bond acceptors (Lipinski definition) is 1. The summed E-state index contributed by atoms with van der Waals surface area (Å²) in [5, 5.41) is -0.255. The van der Waals surface area contributed by atoms with Crippen molar-refractivity contribution in [2.24, 2.45) is 0 Å². The van der Waals surface area contributed by atoms with Crippen molar-refractivity contribution in [2.45, 2.75) is 0 Å². The van der Waals surface area contributed by atoms with Crippen molar-refractivity contribution >= 4 is 49.2 Å². The molecule has 0 atom stereocenters. The normalized spacial score (nSPS) is 10.7. The Balaban J connectivity index is 2.58. The van der Waals surface area contributed by atoms with E-state index >= 15 is 0 Å². The maximum Gasteiger partial charge on any atom is 0.197 e. The SMILES string of the molecule is O=C(c1ccc(Br)c(Cl)c1F)c1ccc(F)c(F)c1Br. The summed E-state index contributed by atoms with van der Waals surface area (Å²) >= 11 is 11.5. The first-order valence-electron chi connectivity index (χ1n) is 5.16. The van der Waals surface area contributed by atoms with Gasteiger partial charge in [0, 0.05) is 10.0 Å². The van der Waals surface area contributed by atoms with Gasteiger partial charge in [-0.25, -0.2) is 13.2 Å². The van der Waals surface area contributed by atoms with E-state index in [4.69, 9.17) is 11.6 Å². The van der Waals surface area contributed by atoms with Gasteiger partial charge in [-0.3, -0.25) is 4.79 Å². The van der Waals surface area contributed by atoms with Gasteiger partial charge in [-0.2, -0.15) is 0 Å². The van der Waals surface area contributed by atoms with Crippen molar-refractivity contribution in [3.63, 3.8) is 0 Å². The van der Waals surface area contributed by atoms with Crippen LogP contribution in [0.15, 0.2) is 33.2 Å². The molecule has 0 fully saturated rings. The van der Waals surface area contributed by atoms with Crippen LogP contribution in [-0.2, 0) is 0 Å². The van der Waals surface area contributed by atoms with Gasteiger partial charge >= 0.3 is 0 Å². The molecule has 0 aromatic heterocycles. The van der Waals surface area contributed by atoms with E-state index in [2.05, 4.69) is 31.9 Å². The van der Waals surface area contributed by atoms with Gasteiger partial charge in [-0.05, 0) is 56.1 Å². The molecule has 0 spiro atoms.